The molecule has 0 fully saturated rings. The van der Waals surface area contributed by atoms with Crippen molar-refractivity contribution in [2.45, 2.75) is 25.7 Å². The van der Waals surface area contributed by atoms with Crippen molar-refractivity contribution >= 4 is 16.2 Å². The van der Waals surface area contributed by atoms with Gasteiger partial charge in [-0.05, 0) is 68.8 Å². The van der Waals surface area contributed by atoms with Gasteiger partial charge in [0.15, 0.2) is 11.5 Å². The Kier molecular flexibility index (Phi) is 7.48. The molecule has 0 aromatic heterocycles. The first-order valence-electron chi connectivity index (χ1n) is 8.67. The summed E-state index contributed by atoms with van der Waals surface area (Å²) in [6.07, 6.45) is 1.41. The predicted molar refractivity (Wildman–Crippen MR) is 104 cm³/mol. The molecule has 146 valence electrons. The van der Waals surface area contributed by atoms with Gasteiger partial charge < -0.3 is 14.2 Å². The number of nitrogens with zero attached hydrogens (tertiary/aromatic N) is 1. The van der Waals surface area contributed by atoms with E-state index in [0.29, 0.717) is 42.6 Å². The lowest BCUT2D eigenvalue weighted by atomic mass is 10.2. The van der Waals surface area contributed by atoms with Gasteiger partial charge in [-0.25, -0.2) is 4.83 Å². The van der Waals surface area contributed by atoms with Crippen LogP contribution in [-0.4, -0.2) is 34.5 Å². The molecule has 0 aliphatic heterocycles. The monoisotopic (exact) mass is 392 g/mol. The fourth-order valence-electron chi connectivity index (χ4n) is 2.25. The second-order valence-electron chi connectivity index (χ2n) is 5.33. The van der Waals surface area contributed by atoms with Crippen molar-refractivity contribution < 1.29 is 22.6 Å². The lowest BCUT2D eigenvalue weighted by molar-refractivity contribution is 0.288. The van der Waals surface area contributed by atoms with Crippen molar-refractivity contribution in [3.8, 4) is 17.2 Å². The minimum Gasteiger partial charge on any atom is -0.494 e. The smallest absolute Gasteiger partial charge is 0.276 e. The molecule has 7 nitrogen and oxygen atoms in total. The van der Waals surface area contributed by atoms with Crippen LogP contribution in [0.4, 0.5) is 0 Å². The van der Waals surface area contributed by atoms with E-state index in [2.05, 4.69) is 9.93 Å². The third-order valence-corrected chi connectivity index (χ3v) is 4.64. The van der Waals surface area contributed by atoms with Gasteiger partial charge in [-0.2, -0.15) is 13.5 Å². The standard InChI is InChI=1S/C19H24N2O5S/c1-4-24-16-8-10-17(11-9-16)27(22,23)21-20-14-15-7-12-18(25-5-2)19(13-15)26-6-3/h7-14,21H,4-6H2,1-3H3/b20-14+. The highest BCUT2D eigenvalue weighted by Crippen LogP contribution is 2.28. The number of nitrogens with one attached hydrogen (secondary N) is 1. The average molecular weight is 392 g/mol. The normalized spacial score (nSPS) is 11.4. The first-order valence-corrected chi connectivity index (χ1v) is 10.2. The lowest BCUT2D eigenvalue weighted by Gasteiger charge is -2.11. The minimum atomic E-state index is -3.76. The maximum absolute atomic E-state index is 12.3. The van der Waals surface area contributed by atoms with E-state index in [1.807, 2.05) is 20.8 Å². The van der Waals surface area contributed by atoms with Crippen LogP contribution in [0.25, 0.3) is 0 Å². The fourth-order valence-corrected chi connectivity index (χ4v) is 3.04. The Morgan fingerprint density at radius 2 is 1.52 bits per heavy atom. The van der Waals surface area contributed by atoms with E-state index in [4.69, 9.17) is 14.2 Å². The first-order chi connectivity index (χ1) is 13.0. The Morgan fingerprint density at radius 3 is 2.15 bits per heavy atom. The molecule has 2 rings (SSSR count). The summed E-state index contributed by atoms with van der Waals surface area (Å²) in [5, 5.41) is 3.83. The van der Waals surface area contributed by atoms with Crippen LogP contribution in [0.5, 0.6) is 17.2 Å². The maximum Gasteiger partial charge on any atom is 0.276 e. The summed E-state index contributed by atoms with van der Waals surface area (Å²) in [6, 6.07) is 11.4. The highest BCUT2D eigenvalue weighted by Gasteiger charge is 2.12. The number of sulfonamides is 1. The predicted octanol–water partition coefficient (Wildman–Crippen LogP) is 3.20. The van der Waals surface area contributed by atoms with Gasteiger partial charge in [0, 0.05) is 0 Å². The topological polar surface area (TPSA) is 86.2 Å². The molecule has 0 amide bonds. The van der Waals surface area contributed by atoms with Crippen molar-refractivity contribution in [2.75, 3.05) is 19.8 Å². The van der Waals surface area contributed by atoms with Crippen LogP contribution in [0.3, 0.4) is 0 Å². The molecule has 0 heterocycles. The Balaban J connectivity index is 2.10. The molecule has 0 spiro atoms. The molecule has 2 aromatic rings. The second-order valence-corrected chi connectivity index (χ2v) is 6.99. The Morgan fingerprint density at radius 1 is 0.889 bits per heavy atom. The van der Waals surface area contributed by atoms with Gasteiger partial charge in [0.25, 0.3) is 10.0 Å². The second kappa shape index (κ2) is 9.82. The number of ether oxygens (including phenoxy) is 3. The Bertz CT molecular complexity index is 864. The summed E-state index contributed by atoms with van der Waals surface area (Å²) in [4.78, 5) is 2.30. The summed E-state index contributed by atoms with van der Waals surface area (Å²) in [6.45, 7) is 7.15. The number of rotatable bonds is 10. The Hall–Kier alpha value is -2.74. The molecule has 0 saturated heterocycles. The highest BCUT2D eigenvalue weighted by molar-refractivity contribution is 7.89. The minimum absolute atomic E-state index is 0.102. The molecule has 2 aromatic carbocycles. The summed E-state index contributed by atoms with van der Waals surface area (Å²) in [5.41, 5.74) is 0.677. The molecular formula is C19H24N2O5S. The van der Waals surface area contributed by atoms with Gasteiger partial charge in [0.2, 0.25) is 0 Å². The quantitative estimate of drug-likeness (QED) is 0.496. The van der Waals surface area contributed by atoms with Gasteiger partial charge in [0.1, 0.15) is 5.75 Å². The molecular weight excluding hydrogens is 368 g/mol. The van der Waals surface area contributed by atoms with Gasteiger partial charge in [-0.15, -0.1) is 0 Å². The zero-order chi connectivity index (χ0) is 19.7. The first kappa shape index (κ1) is 20.6. The van der Waals surface area contributed by atoms with Gasteiger partial charge >= 0.3 is 0 Å². The third-order valence-electron chi connectivity index (χ3n) is 3.40. The molecule has 0 atom stereocenters. The van der Waals surface area contributed by atoms with Crippen LogP contribution >= 0.6 is 0 Å². The molecule has 0 unspecified atom stereocenters. The third kappa shape index (κ3) is 5.89. The van der Waals surface area contributed by atoms with E-state index < -0.39 is 10.0 Å². The van der Waals surface area contributed by atoms with E-state index in [1.54, 1.807) is 30.3 Å². The van der Waals surface area contributed by atoms with E-state index in [1.165, 1.54) is 18.3 Å². The van der Waals surface area contributed by atoms with E-state index in [-0.39, 0.29) is 4.90 Å². The van der Waals surface area contributed by atoms with E-state index in [9.17, 15) is 8.42 Å². The average Bonchev–Trinajstić information content (AvgIpc) is 2.65. The lowest BCUT2D eigenvalue weighted by Crippen LogP contribution is -2.18. The number of hydrogen-bond acceptors (Lipinski definition) is 6. The summed E-state index contributed by atoms with van der Waals surface area (Å²) < 4.78 is 40.9. The molecule has 0 bridgehead atoms. The number of hydrazone groups is 1. The largest absolute Gasteiger partial charge is 0.494 e. The summed E-state index contributed by atoms with van der Waals surface area (Å²) in [7, 11) is -3.76. The molecule has 0 aliphatic rings. The van der Waals surface area contributed by atoms with Crippen LogP contribution in [0.15, 0.2) is 52.5 Å². The van der Waals surface area contributed by atoms with Crippen molar-refractivity contribution in [3.63, 3.8) is 0 Å². The van der Waals surface area contributed by atoms with Gasteiger partial charge in [-0.3, -0.25) is 0 Å². The molecule has 0 radical (unpaired) electrons. The van der Waals surface area contributed by atoms with Crippen LogP contribution < -0.4 is 19.0 Å². The van der Waals surface area contributed by atoms with Crippen LogP contribution in [-0.2, 0) is 10.0 Å². The van der Waals surface area contributed by atoms with Gasteiger partial charge in [0.05, 0.1) is 30.9 Å². The van der Waals surface area contributed by atoms with E-state index >= 15 is 0 Å². The fraction of sp³-hybridized carbons (Fsp3) is 0.316. The number of hydrogen-bond donors (Lipinski definition) is 1. The highest BCUT2D eigenvalue weighted by atomic mass is 32.2. The molecule has 0 aliphatic carbocycles. The Labute approximate surface area is 160 Å². The SMILES string of the molecule is CCOc1ccc(S(=O)(=O)N/N=C/c2ccc(OCC)c(OCC)c2)cc1. The zero-order valence-electron chi connectivity index (χ0n) is 15.6. The maximum atomic E-state index is 12.3. The van der Waals surface area contributed by atoms with Crippen molar-refractivity contribution in [2.24, 2.45) is 5.10 Å². The van der Waals surface area contributed by atoms with Crippen LogP contribution in [0.1, 0.15) is 26.3 Å². The van der Waals surface area contributed by atoms with E-state index in [0.717, 1.165) is 0 Å². The van der Waals surface area contributed by atoms with Crippen LogP contribution in [0.2, 0.25) is 0 Å². The molecule has 1 N–H and O–H groups in total. The molecule has 27 heavy (non-hydrogen) atoms. The van der Waals surface area contributed by atoms with Crippen molar-refractivity contribution in [1.82, 2.24) is 4.83 Å². The van der Waals surface area contributed by atoms with Crippen molar-refractivity contribution in [3.05, 3.63) is 48.0 Å². The molecule has 8 heteroatoms. The zero-order valence-corrected chi connectivity index (χ0v) is 16.5. The summed E-state index contributed by atoms with van der Waals surface area (Å²) >= 11 is 0. The molecule has 0 saturated carbocycles. The van der Waals surface area contributed by atoms with Crippen LogP contribution in [0, 0.1) is 0 Å². The van der Waals surface area contributed by atoms with Crippen molar-refractivity contribution in [1.29, 1.82) is 0 Å². The number of benzene rings is 2. The van der Waals surface area contributed by atoms with Gasteiger partial charge in [-0.1, -0.05) is 0 Å². The summed E-state index contributed by atoms with van der Waals surface area (Å²) in [5.74, 6) is 1.82.